The molecule has 0 radical (unpaired) electrons. The Bertz CT molecular complexity index is 1220. The van der Waals surface area contributed by atoms with Gasteiger partial charge in [0.15, 0.2) is 5.65 Å². The highest BCUT2D eigenvalue weighted by Gasteiger charge is 2.29. The Labute approximate surface area is 211 Å². The highest BCUT2D eigenvalue weighted by Crippen LogP contribution is 2.38. The van der Waals surface area contributed by atoms with E-state index in [-0.39, 0.29) is 39.6 Å². The number of fused-ring (bicyclic) bond motifs is 1. The summed E-state index contributed by atoms with van der Waals surface area (Å²) < 4.78 is 22.2. The van der Waals surface area contributed by atoms with Crippen molar-refractivity contribution >= 4 is 57.9 Å². The molecular formula is C23H26Cl2FN7O2. The minimum Gasteiger partial charge on any atom is -0.379 e. The van der Waals surface area contributed by atoms with Crippen molar-refractivity contribution in [3.05, 3.63) is 34.2 Å². The zero-order valence-electron chi connectivity index (χ0n) is 18.9. The van der Waals surface area contributed by atoms with E-state index in [2.05, 4.69) is 20.6 Å². The number of nitrogens with two attached hydrogens (primary N) is 1. The number of carbonyl (C=O) groups excluding carboxylic acids is 1. The van der Waals surface area contributed by atoms with Gasteiger partial charge in [-0.1, -0.05) is 23.2 Å². The zero-order chi connectivity index (χ0) is 24.5. The highest BCUT2D eigenvalue weighted by atomic mass is 35.5. The van der Waals surface area contributed by atoms with Crippen LogP contribution in [0.4, 0.5) is 22.0 Å². The van der Waals surface area contributed by atoms with Crippen molar-refractivity contribution in [1.29, 1.82) is 0 Å². The van der Waals surface area contributed by atoms with E-state index in [9.17, 15) is 9.18 Å². The molecule has 12 heteroatoms. The summed E-state index contributed by atoms with van der Waals surface area (Å²) in [5.74, 6) is -0.167. The van der Waals surface area contributed by atoms with E-state index in [0.29, 0.717) is 55.4 Å². The summed E-state index contributed by atoms with van der Waals surface area (Å²) in [7, 11) is 0. The molecule has 2 aromatic heterocycles. The van der Waals surface area contributed by atoms with Gasteiger partial charge in [0.25, 0.3) is 0 Å². The lowest BCUT2D eigenvalue weighted by molar-refractivity contribution is -0.122. The summed E-state index contributed by atoms with van der Waals surface area (Å²) in [6, 6.07) is 2.76. The molecule has 35 heavy (non-hydrogen) atoms. The van der Waals surface area contributed by atoms with Gasteiger partial charge in [0.2, 0.25) is 17.8 Å². The summed E-state index contributed by atoms with van der Waals surface area (Å²) in [4.78, 5) is 25.5. The van der Waals surface area contributed by atoms with E-state index in [1.54, 1.807) is 6.20 Å². The van der Waals surface area contributed by atoms with Crippen molar-refractivity contribution in [2.45, 2.75) is 50.6 Å². The number of nitrogens with one attached hydrogen (secondary N) is 2. The second kappa shape index (κ2) is 10.1. The Morgan fingerprint density at radius 1 is 1.17 bits per heavy atom. The quantitative estimate of drug-likeness (QED) is 0.425. The number of ether oxygens (including phenoxy) is 1. The molecule has 0 unspecified atom stereocenters. The summed E-state index contributed by atoms with van der Waals surface area (Å²) in [5, 5.41) is 6.72. The van der Waals surface area contributed by atoms with E-state index >= 15 is 0 Å². The van der Waals surface area contributed by atoms with Crippen LogP contribution in [0.15, 0.2) is 18.3 Å². The second-order valence-corrected chi connectivity index (χ2v) is 9.89. The Kier molecular flexibility index (Phi) is 6.95. The van der Waals surface area contributed by atoms with Gasteiger partial charge in [-0.2, -0.15) is 4.98 Å². The van der Waals surface area contributed by atoms with Gasteiger partial charge >= 0.3 is 0 Å². The normalized spacial score (nSPS) is 22.8. The molecule has 1 saturated heterocycles. The van der Waals surface area contributed by atoms with E-state index in [0.717, 1.165) is 19.4 Å². The van der Waals surface area contributed by atoms with Crippen molar-refractivity contribution in [2.75, 3.05) is 23.8 Å². The molecule has 5 rings (SSSR count). The Hall–Kier alpha value is -2.69. The topological polar surface area (TPSA) is 120 Å². The lowest BCUT2D eigenvalue weighted by Crippen LogP contribution is -2.31. The van der Waals surface area contributed by atoms with Gasteiger partial charge in [0.05, 0.1) is 29.6 Å². The minimum atomic E-state index is -0.593. The first kappa shape index (κ1) is 24.0. The summed E-state index contributed by atoms with van der Waals surface area (Å²) in [6.45, 7) is 1.36. The number of anilines is 3. The van der Waals surface area contributed by atoms with Crippen LogP contribution in [-0.4, -0.2) is 44.7 Å². The first-order chi connectivity index (χ1) is 16.9. The van der Waals surface area contributed by atoms with Gasteiger partial charge in [0, 0.05) is 23.6 Å². The molecule has 1 amide bonds. The molecule has 1 aromatic carbocycles. The SMILES string of the molecule is NC(=O)C1CCC(n2c(Nc3c(F)cc(Cl)cc3Cl)nc3cnc(N[C@H]4CCCOC4)nc32)CC1. The van der Waals surface area contributed by atoms with E-state index in [1.807, 2.05) is 4.57 Å². The number of nitrogens with zero attached hydrogens (tertiary/aromatic N) is 4. The average Bonchev–Trinajstić information content (AvgIpc) is 3.19. The predicted octanol–water partition coefficient (Wildman–Crippen LogP) is 4.82. The lowest BCUT2D eigenvalue weighted by atomic mass is 9.85. The fourth-order valence-electron chi connectivity index (χ4n) is 4.82. The molecule has 9 nitrogen and oxygen atoms in total. The summed E-state index contributed by atoms with van der Waals surface area (Å²) >= 11 is 12.2. The molecule has 0 spiro atoms. The van der Waals surface area contributed by atoms with Crippen LogP contribution in [0, 0.1) is 11.7 Å². The third-order valence-electron chi connectivity index (χ3n) is 6.63. The number of imidazole rings is 1. The minimum absolute atomic E-state index is 0.0204. The van der Waals surface area contributed by atoms with Crippen LogP contribution in [0.5, 0.6) is 0 Å². The Balaban J connectivity index is 1.52. The molecule has 3 heterocycles. The molecular weight excluding hydrogens is 496 g/mol. The Morgan fingerprint density at radius 3 is 2.66 bits per heavy atom. The average molecular weight is 522 g/mol. The van der Waals surface area contributed by atoms with Crippen molar-refractivity contribution < 1.29 is 13.9 Å². The maximum absolute atomic E-state index is 14.7. The molecule has 2 aliphatic rings. The fraction of sp³-hybridized carbons (Fsp3) is 0.478. The number of amides is 1. The fourth-order valence-corrected chi connectivity index (χ4v) is 5.34. The van der Waals surface area contributed by atoms with Gasteiger partial charge in [-0.15, -0.1) is 0 Å². The van der Waals surface area contributed by atoms with Crippen molar-refractivity contribution in [1.82, 2.24) is 19.5 Å². The van der Waals surface area contributed by atoms with Crippen LogP contribution in [0.25, 0.3) is 11.2 Å². The molecule has 186 valence electrons. The van der Waals surface area contributed by atoms with Crippen LogP contribution < -0.4 is 16.4 Å². The monoisotopic (exact) mass is 521 g/mol. The number of halogens is 3. The molecule has 1 aliphatic heterocycles. The standard InChI is InChI=1S/C23H26Cl2FN7O2/c24-13-8-16(25)19(17(26)9-13)31-23-30-18-10-28-22(29-14-2-1-7-35-11-14)32-21(18)33(23)15-5-3-12(4-6-15)20(27)34/h8-10,12,14-15H,1-7,11H2,(H2,27,34)(H,30,31)(H,28,29,32)/t12?,14-,15?/m0/s1. The molecule has 1 saturated carbocycles. The lowest BCUT2D eigenvalue weighted by Gasteiger charge is -2.29. The van der Waals surface area contributed by atoms with Gasteiger partial charge in [-0.3, -0.25) is 9.36 Å². The van der Waals surface area contributed by atoms with Crippen LogP contribution in [0.3, 0.4) is 0 Å². The van der Waals surface area contributed by atoms with Crippen LogP contribution in [0.1, 0.15) is 44.6 Å². The van der Waals surface area contributed by atoms with Crippen molar-refractivity contribution in [2.24, 2.45) is 11.7 Å². The van der Waals surface area contributed by atoms with Crippen molar-refractivity contribution in [3.63, 3.8) is 0 Å². The zero-order valence-corrected chi connectivity index (χ0v) is 20.4. The number of hydrogen-bond acceptors (Lipinski definition) is 7. The number of primary amides is 1. The number of aromatic nitrogens is 4. The molecule has 4 N–H and O–H groups in total. The Morgan fingerprint density at radius 2 is 1.97 bits per heavy atom. The number of carbonyl (C=O) groups is 1. The number of hydrogen-bond donors (Lipinski definition) is 3. The van der Waals surface area contributed by atoms with Crippen LogP contribution in [-0.2, 0) is 9.53 Å². The van der Waals surface area contributed by atoms with Gasteiger partial charge in [0.1, 0.15) is 11.3 Å². The van der Waals surface area contributed by atoms with E-state index in [1.165, 1.54) is 12.1 Å². The van der Waals surface area contributed by atoms with Crippen LogP contribution >= 0.6 is 23.2 Å². The molecule has 1 atom stereocenters. The third kappa shape index (κ3) is 5.14. The van der Waals surface area contributed by atoms with Crippen LogP contribution in [0.2, 0.25) is 10.0 Å². The molecule has 1 aliphatic carbocycles. The maximum Gasteiger partial charge on any atom is 0.225 e. The number of benzene rings is 1. The smallest absolute Gasteiger partial charge is 0.225 e. The van der Waals surface area contributed by atoms with E-state index < -0.39 is 5.82 Å². The maximum atomic E-state index is 14.7. The molecule has 2 fully saturated rings. The number of rotatable bonds is 6. The second-order valence-electron chi connectivity index (χ2n) is 9.04. The van der Waals surface area contributed by atoms with Gasteiger partial charge in [-0.25, -0.2) is 14.4 Å². The highest BCUT2D eigenvalue weighted by molar-refractivity contribution is 6.36. The third-order valence-corrected chi connectivity index (χ3v) is 7.15. The largest absolute Gasteiger partial charge is 0.379 e. The van der Waals surface area contributed by atoms with Gasteiger partial charge < -0.3 is 21.1 Å². The first-order valence-corrected chi connectivity index (χ1v) is 12.4. The van der Waals surface area contributed by atoms with E-state index in [4.69, 9.17) is 38.7 Å². The predicted molar refractivity (Wildman–Crippen MR) is 133 cm³/mol. The summed E-state index contributed by atoms with van der Waals surface area (Å²) in [6.07, 6.45) is 6.31. The first-order valence-electron chi connectivity index (χ1n) is 11.7. The van der Waals surface area contributed by atoms with Gasteiger partial charge in [-0.05, 0) is 50.7 Å². The van der Waals surface area contributed by atoms with Crippen molar-refractivity contribution in [3.8, 4) is 0 Å². The molecule has 0 bridgehead atoms. The molecule has 3 aromatic rings. The summed E-state index contributed by atoms with van der Waals surface area (Å²) in [5.41, 5.74) is 6.77.